The van der Waals surface area contributed by atoms with Crippen molar-refractivity contribution in [1.82, 2.24) is 14.5 Å². The fourth-order valence-electron chi connectivity index (χ4n) is 3.33. The fraction of sp³-hybridized carbons (Fsp3) is 0.846. The van der Waals surface area contributed by atoms with Gasteiger partial charge in [-0.3, -0.25) is 9.59 Å². The van der Waals surface area contributed by atoms with Crippen LogP contribution in [0.15, 0.2) is 0 Å². The number of carbonyl (C=O) groups excluding carboxylic acids is 1. The van der Waals surface area contributed by atoms with Crippen molar-refractivity contribution >= 4 is 21.9 Å². The molecule has 0 aromatic heterocycles. The van der Waals surface area contributed by atoms with Crippen molar-refractivity contribution in [1.29, 1.82) is 0 Å². The molecule has 2 unspecified atom stereocenters. The quantitative estimate of drug-likeness (QED) is 0.654. The van der Waals surface area contributed by atoms with E-state index in [2.05, 4.69) is 4.72 Å². The molecule has 8 nitrogen and oxygen atoms in total. The molecule has 0 spiro atoms. The van der Waals surface area contributed by atoms with Crippen LogP contribution in [0.3, 0.4) is 0 Å². The van der Waals surface area contributed by atoms with Gasteiger partial charge in [-0.15, -0.1) is 0 Å². The molecule has 3 atom stereocenters. The summed E-state index contributed by atoms with van der Waals surface area (Å²) in [6.45, 7) is 3.22. The lowest BCUT2D eigenvalue weighted by atomic mass is 9.93. The summed E-state index contributed by atoms with van der Waals surface area (Å²) in [5, 5.41) is 9.29. The van der Waals surface area contributed by atoms with Crippen molar-refractivity contribution in [3.8, 4) is 0 Å². The van der Waals surface area contributed by atoms with E-state index in [4.69, 9.17) is 0 Å². The monoisotopic (exact) mass is 333 g/mol. The Morgan fingerprint density at radius 2 is 1.91 bits per heavy atom. The van der Waals surface area contributed by atoms with Gasteiger partial charge in [-0.05, 0) is 20.4 Å². The Bertz CT molecular complexity index is 558. The van der Waals surface area contributed by atoms with Crippen LogP contribution in [0.4, 0.5) is 0 Å². The third-order valence-corrected chi connectivity index (χ3v) is 5.15. The smallest absolute Gasteiger partial charge is 0.308 e. The van der Waals surface area contributed by atoms with Gasteiger partial charge < -0.3 is 14.9 Å². The zero-order chi connectivity index (χ0) is 16.7. The Kier molecular flexibility index (Phi) is 4.78. The van der Waals surface area contributed by atoms with Gasteiger partial charge in [0, 0.05) is 25.7 Å². The number of sulfonamides is 1. The molecule has 22 heavy (non-hydrogen) atoms. The minimum Gasteiger partial charge on any atom is -0.481 e. The number of nitrogens with zero attached hydrogens (tertiary/aromatic N) is 2. The molecule has 9 heteroatoms. The van der Waals surface area contributed by atoms with Crippen molar-refractivity contribution in [3.05, 3.63) is 0 Å². The summed E-state index contributed by atoms with van der Waals surface area (Å²) >= 11 is 0. The number of aliphatic carboxylic acids is 1. The maximum atomic E-state index is 12.6. The molecule has 0 bridgehead atoms. The standard InChI is InChI=1S/C13H23N3O5S/c1-8(13(18)19)11-10(14-22(3,20)21)4-5-16(11)12(17)9-6-15(2)7-9/h8-11,14H,4-7H2,1-3H3,(H,18,19)/t8-,10?,11?/m1/s1. The van der Waals surface area contributed by atoms with Crippen LogP contribution in [-0.2, 0) is 19.6 Å². The van der Waals surface area contributed by atoms with Gasteiger partial charge >= 0.3 is 5.97 Å². The number of nitrogens with one attached hydrogen (secondary N) is 1. The van der Waals surface area contributed by atoms with E-state index in [0.717, 1.165) is 6.26 Å². The number of hydrogen-bond donors (Lipinski definition) is 2. The first-order chi connectivity index (χ1) is 10.1. The molecule has 2 heterocycles. The van der Waals surface area contributed by atoms with Crippen LogP contribution in [0.25, 0.3) is 0 Å². The van der Waals surface area contributed by atoms with E-state index in [1.54, 1.807) is 4.90 Å². The Morgan fingerprint density at radius 3 is 2.36 bits per heavy atom. The molecule has 2 rings (SSSR count). The summed E-state index contributed by atoms with van der Waals surface area (Å²) < 4.78 is 25.4. The van der Waals surface area contributed by atoms with Crippen molar-refractivity contribution in [2.45, 2.75) is 25.4 Å². The highest BCUT2D eigenvalue weighted by atomic mass is 32.2. The highest BCUT2D eigenvalue weighted by Crippen LogP contribution is 2.29. The zero-order valence-corrected chi connectivity index (χ0v) is 13.8. The van der Waals surface area contributed by atoms with Gasteiger partial charge in [0.1, 0.15) is 0 Å². The highest BCUT2D eigenvalue weighted by molar-refractivity contribution is 7.88. The van der Waals surface area contributed by atoms with Crippen LogP contribution >= 0.6 is 0 Å². The molecule has 2 saturated heterocycles. The minimum absolute atomic E-state index is 0.0750. The molecule has 126 valence electrons. The first-order valence-corrected chi connectivity index (χ1v) is 9.18. The van der Waals surface area contributed by atoms with Crippen LogP contribution in [0.2, 0.25) is 0 Å². The molecule has 1 amide bonds. The molecular formula is C13H23N3O5S. The van der Waals surface area contributed by atoms with E-state index in [0.29, 0.717) is 26.1 Å². The van der Waals surface area contributed by atoms with E-state index in [1.807, 2.05) is 11.9 Å². The molecule has 2 aliphatic rings. The lowest BCUT2D eigenvalue weighted by molar-refractivity contribution is -0.148. The molecule has 2 N–H and O–H groups in total. The minimum atomic E-state index is -3.46. The zero-order valence-electron chi connectivity index (χ0n) is 13.0. The van der Waals surface area contributed by atoms with Crippen LogP contribution in [-0.4, -0.2) is 80.2 Å². The summed E-state index contributed by atoms with van der Waals surface area (Å²) in [7, 11) is -1.54. The number of carbonyl (C=O) groups is 2. The van der Waals surface area contributed by atoms with Crippen molar-refractivity contribution in [3.63, 3.8) is 0 Å². The molecule has 0 saturated carbocycles. The van der Waals surface area contributed by atoms with Crippen LogP contribution in [0.1, 0.15) is 13.3 Å². The molecule has 0 aliphatic carbocycles. The Labute approximate surface area is 130 Å². The predicted octanol–water partition coefficient (Wildman–Crippen LogP) is -1.21. The van der Waals surface area contributed by atoms with Gasteiger partial charge in [0.05, 0.1) is 24.1 Å². The van der Waals surface area contributed by atoms with Gasteiger partial charge in [-0.1, -0.05) is 0 Å². The fourth-order valence-corrected chi connectivity index (χ4v) is 4.14. The summed E-state index contributed by atoms with van der Waals surface area (Å²) in [6, 6.07) is -1.20. The van der Waals surface area contributed by atoms with Gasteiger partial charge in [0.25, 0.3) is 0 Å². The van der Waals surface area contributed by atoms with Crippen LogP contribution < -0.4 is 4.72 Å². The van der Waals surface area contributed by atoms with Crippen LogP contribution in [0.5, 0.6) is 0 Å². The highest BCUT2D eigenvalue weighted by Gasteiger charge is 2.46. The number of likely N-dealkylation sites (tertiary alicyclic amines) is 2. The number of amides is 1. The van der Waals surface area contributed by atoms with Gasteiger partial charge in [-0.25, -0.2) is 13.1 Å². The van der Waals surface area contributed by atoms with E-state index < -0.39 is 34.0 Å². The van der Waals surface area contributed by atoms with Crippen LogP contribution in [0, 0.1) is 11.8 Å². The lowest BCUT2D eigenvalue weighted by Gasteiger charge is -2.40. The topological polar surface area (TPSA) is 107 Å². The van der Waals surface area contributed by atoms with E-state index in [9.17, 15) is 23.1 Å². The second kappa shape index (κ2) is 6.13. The molecule has 2 fully saturated rings. The molecule has 0 aromatic carbocycles. The average Bonchev–Trinajstić information content (AvgIpc) is 2.74. The largest absolute Gasteiger partial charge is 0.481 e. The maximum Gasteiger partial charge on any atom is 0.308 e. The number of rotatable bonds is 5. The second-order valence-corrected chi connectivity index (χ2v) is 8.13. The first-order valence-electron chi connectivity index (χ1n) is 7.29. The Balaban J connectivity index is 2.18. The average molecular weight is 333 g/mol. The Hall–Kier alpha value is -1.19. The summed E-state index contributed by atoms with van der Waals surface area (Å²) in [4.78, 5) is 27.5. The third-order valence-electron chi connectivity index (χ3n) is 4.42. The maximum absolute atomic E-state index is 12.6. The van der Waals surface area contributed by atoms with Gasteiger partial charge in [0.2, 0.25) is 15.9 Å². The van der Waals surface area contributed by atoms with Gasteiger partial charge in [-0.2, -0.15) is 0 Å². The van der Waals surface area contributed by atoms with E-state index >= 15 is 0 Å². The normalized spacial score (nSPS) is 28.4. The predicted molar refractivity (Wildman–Crippen MR) is 79.7 cm³/mol. The third kappa shape index (κ3) is 3.58. The van der Waals surface area contributed by atoms with Crippen molar-refractivity contribution in [2.75, 3.05) is 32.9 Å². The Morgan fingerprint density at radius 1 is 1.32 bits per heavy atom. The molecule has 2 aliphatic heterocycles. The summed E-state index contributed by atoms with van der Waals surface area (Å²) in [5.74, 6) is -2.06. The molecule has 0 aromatic rings. The van der Waals surface area contributed by atoms with E-state index in [1.165, 1.54) is 6.92 Å². The van der Waals surface area contributed by atoms with E-state index in [-0.39, 0.29) is 11.8 Å². The summed E-state index contributed by atoms with van der Waals surface area (Å²) in [6.07, 6.45) is 1.48. The SMILES string of the molecule is C[C@@H](C(=O)O)C1C(NS(C)(=O)=O)CCN1C(=O)C1CN(C)C1. The first kappa shape index (κ1) is 17.2. The van der Waals surface area contributed by atoms with Crippen molar-refractivity contribution in [2.24, 2.45) is 11.8 Å². The second-order valence-electron chi connectivity index (χ2n) is 6.35. The molecular weight excluding hydrogens is 310 g/mol. The van der Waals surface area contributed by atoms with Gasteiger partial charge in [0.15, 0.2) is 0 Å². The summed E-state index contributed by atoms with van der Waals surface area (Å²) in [5.41, 5.74) is 0. The number of carboxylic acids is 1. The molecule has 0 radical (unpaired) electrons. The lowest BCUT2D eigenvalue weighted by Crippen LogP contribution is -2.57. The van der Waals surface area contributed by atoms with Crippen molar-refractivity contribution < 1.29 is 23.1 Å². The number of hydrogen-bond acceptors (Lipinski definition) is 5. The number of carboxylic acid groups (broad SMARTS) is 1.